The summed E-state index contributed by atoms with van der Waals surface area (Å²) in [6.45, 7) is 47.7. The second-order valence-corrected chi connectivity index (χ2v) is 11.3. The first-order valence-electron chi connectivity index (χ1n) is 18.4. The highest BCUT2D eigenvalue weighted by Crippen LogP contribution is 2.34. The van der Waals surface area contributed by atoms with Gasteiger partial charge in [0, 0.05) is 26.4 Å². The second-order valence-electron chi connectivity index (χ2n) is 11.3. The smallest absolute Gasteiger partial charge is 0.0351 e. The Hall–Kier alpha value is -1.80. The van der Waals surface area contributed by atoms with Crippen molar-refractivity contribution in [3.8, 4) is 0 Å². The molecule has 2 aliphatic rings. The maximum absolute atomic E-state index is 7.00. The molecule has 2 heteroatoms. The van der Waals surface area contributed by atoms with Crippen LogP contribution in [0.3, 0.4) is 0 Å². The van der Waals surface area contributed by atoms with Crippen molar-refractivity contribution in [3.05, 3.63) is 74.0 Å². The van der Waals surface area contributed by atoms with E-state index in [0.717, 1.165) is 56.7 Å². The number of hydrogen-bond acceptors (Lipinski definition) is 2. The van der Waals surface area contributed by atoms with Crippen molar-refractivity contribution in [2.24, 2.45) is 23.7 Å². The Bertz CT molecular complexity index is 585. The summed E-state index contributed by atoms with van der Waals surface area (Å²) in [5.41, 5.74) is 2.62. The van der Waals surface area contributed by atoms with Gasteiger partial charge < -0.3 is 10.0 Å². The number of likely N-dealkylation sites (N-methyl/N-ethyl adjacent to an activating group) is 1. The summed E-state index contributed by atoms with van der Waals surface area (Å²) >= 11 is 0. The normalized spacial score (nSPS) is 18.6. The van der Waals surface area contributed by atoms with Gasteiger partial charge in [0.1, 0.15) is 0 Å². The minimum absolute atomic E-state index is 0.928. The molecule has 0 bridgehead atoms. The Morgan fingerprint density at radius 2 is 1.09 bits per heavy atom. The SMILES string of the molecule is C=C(C)CC.C=CC.C=CC.C=CCN(/C=C(/C=CC)CC)CC.CC.CC.CC1CCC(C)CC1.CCC1CC(C)C1.CO. The van der Waals surface area contributed by atoms with E-state index in [9.17, 15) is 0 Å². The molecule has 2 aliphatic carbocycles. The zero-order valence-corrected chi connectivity index (χ0v) is 34.3. The van der Waals surface area contributed by atoms with Crippen molar-refractivity contribution in [2.75, 3.05) is 20.2 Å². The van der Waals surface area contributed by atoms with Crippen molar-refractivity contribution in [2.45, 2.75) is 162 Å². The van der Waals surface area contributed by atoms with Crippen LogP contribution < -0.4 is 0 Å². The monoisotopic (exact) mass is 636 g/mol. The minimum atomic E-state index is 0.928. The van der Waals surface area contributed by atoms with Crippen LogP contribution in [0.1, 0.15) is 162 Å². The van der Waals surface area contributed by atoms with Crippen molar-refractivity contribution in [3.63, 3.8) is 0 Å². The maximum atomic E-state index is 7.00. The van der Waals surface area contributed by atoms with Gasteiger partial charge in [-0.25, -0.2) is 0 Å². The molecule has 0 spiro atoms. The molecule has 0 aromatic heterocycles. The molecule has 0 unspecified atom stereocenters. The Balaban J connectivity index is -0.0000000791. The molecule has 2 nitrogen and oxygen atoms in total. The number of nitrogens with zero attached hydrogens (tertiary/aromatic N) is 1. The quantitative estimate of drug-likeness (QED) is 0.212. The predicted octanol–water partition coefficient (Wildman–Crippen LogP) is 14.7. The lowest BCUT2D eigenvalue weighted by atomic mass is 9.75. The van der Waals surface area contributed by atoms with E-state index in [1.165, 1.54) is 56.1 Å². The first-order chi connectivity index (χ1) is 21.5. The van der Waals surface area contributed by atoms with Crippen LogP contribution in [0.2, 0.25) is 0 Å². The van der Waals surface area contributed by atoms with Crippen LogP contribution in [-0.4, -0.2) is 30.2 Å². The van der Waals surface area contributed by atoms with Gasteiger partial charge in [-0.05, 0) is 89.5 Å². The standard InChI is InChI=1S/C12H21N.C8H16.C7H14.C5H10.2C3H6.2C2H6.CH4O/c1-5-9-12(7-3)11-13(8-4)10-6-2;1-7-3-5-8(2)6-4-7;1-3-7-4-6(2)5-7;1-4-5(2)3;2*1-3-2;3*1-2/h5-6,9,11H,2,7-8,10H2,1,3-4H3;7-8H,3-6H2,1-2H3;6-7H,3-5H2,1-2H3;2,4H2,1,3H3;2*3H,1H2,2H3;2*1-2H3;2H,1H3/b9-5?,12-11+;;;;;;;;. The molecule has 0 amide bonds. The Morgan fingerprint density at radius 1 is 0.733 bits per heavy atom. The van der Waals surface area contributed by atoms with E-state index in [2.05, 4.69) is 98.0 Å². The third kappa shape index (κ3) is 58.3. The van der Waals surface area contributed by atoms with Gasteiger partial charge in [0.15, 0.2) is 0 Å². The van der Waals surface area contributed by atoms with E-state index in [1.54, 1.807) is 12.2 Å². The lowest BCUT2D eigenvalue weighted by Crippen LogP contribution is -2.19. The molecule has 0 aromatic rings. The molecule has 2 rings (SSSR count). The molecule has 2 saturated carbocycles. The number of allylic oxidation sites excluding steroid dienone is 6. The summed E-state index contributed by atoms with van der Waals surface area (Å²) in [4.78, 5) is 2.26. The molecule has 0 radical (unpaired) electrons. The molecule has 0 aromatic carbocycles. The van der Waals surface area contributed by atoms with Crippen LogP contribution in [0, 0.1) is 23.7 Å². The third-order valence-corrected chi connectivity index (χ3v) is 6.86. The molecule has 1 N–H and O–H groups in total. The van der Waals surface area contributed by atoms with Gasteiger partial charge in [-0.3, -0.25) is 0 Å². The highest BCUT2D eigenvalue weighted by atomic mass is 16.2. The molecule has 45 heavy (non-hydrogen) atoms. The average Bonchev–Trinajstić information content (AvgIpc) is 3.04. The molecular weight excluding hydrogens is 546 g/mol. The Morgan fingerprint density at radius 3 is 1.27 bits per heavy atom. The summed E-state index contributed by atoms with van der Waals surface area (Å²) in [5.74, 6) is 4.18. The van der Waals surface area contributed by atoms with Crippen molar-refractivity contribution in [1.29, 1.82) is 0 Å². The first kappa shape index (κ1) is 58.7. The zero-order chi connectivity index (χ0) is 37.1. The number of aliphatic hydroxyl groups is 1. The zero-order valence-electron chi connectivity index (χ0n) is 34.3. The molecular formula is C43H89NO. The summed E-state index contributed by atoms with van der Waals surface area (Å²) in [6, 6.07) is 0. The van der Waals surface area contributed by atoms with Crippen molar-refractivity contribution >= 4 is 0 Å². The van der Waals surface area contributed by atoms with E-state index in [1.807, 2.05) is 61.5 Å². The summed E-state index contributed by atoms with van der Waals surface area (Å²) in [6.07, 6.45) is 24.4. The summed E-state index contributed by atoms with van der Waals surface area (Å²) in [7, 11) is 1.00. The van der Waals surface area contributed by atoms with Gasteiger partial charge in [0.2, 0.25) is 0 Å². The number of aliphatic hydroxyl groups excluding tert-OH is 1. The van der Waals surface area contributed by atoms with E-state index in [4.69, 9.17) is 5.11 Å². The van der Waals surface area contributed by atoms with E-state index in [0.29, 0.717) is 0 Å². The number of rotatable bonds is 8. The molecule has 272 valence electrons. The van der Waals surface area contributed by atoms with E-state index >= 15 is 0 Å². The van der Waals surface area contributed by atoms with Gasteiger partial charge in [-0.15, -0.1) is 26.3 Å². The van der Waals surface area contributed by atoms with Crippen LogP contribution in [0.25, 0.3) is 0 Å². The van der Waals surface area contributed by atoms with Crippen LogP contribution >= 0.6 is 0 Å². The van der Waals surface area contributed by atoms with Gasteiger partial charge >= 0.3 is 0 Å². The molecule has 2 fully saturated rings. The lowest BCUT2D eigenvalue weighted by molar-refractivity contribution is 0.206. The molecule has 0 atom stereocenters. The van der Waals surface area contributed by atoms with E-state index in [-0.39, 0.29) is 0 Å². The Labute approximate surface area is 289 Å². The largest absolute Gasteiger partial charge is 0.400 e. The highest BCUT2D eigenvalue weighted by Gasteiger charge is 2.22. The summed E-state index contributed by atoms with van der Waals surface area (Å²) in [5, 5.41) is 7.00. The van der Waals surface area contributed by atoms with Gasteiger partial charge in [-0.1, -0.05) is 137 Å². The van der Waals surface area contributed by atoms with Crippen LogP contribution in [0.15, 0.2) is 74.0 Å². The van der Waals surface area contributed by atoms with Crippen molar-refractivity contribution in [1.82, 2.24) is 4.90 Å². The minimum Gasteiger partial charge on any atom is -0.400 e. The second kappa shape index (κ2) is 54.7. The fourth-order valence-electron chi connectivity index (χ4n) is 3.97. The fourth-order valence-corrected chi connectivity index (χ4v) is 3.97. The molecule has 0 aliphatic heterocycles. The van der Waals surface area contributed by atoms with Gasteiger partial charge in [-0.2, -0.15) is 0 Å². The maximum Gasteiger partial charge on any atom is 0.0351 e. The summed E-state index contributed by atoms with van der Waals surface area (Å²) < 4.78 is 0. The van der Waals surface area contributed by atoms with Crippen molar-refractivity contribution < 1.29 is 5.11 Å². The third-order valence-electron chi connectivity index (χ3n) is 6.86. The first-order valence-corrected chi connectivity index (χ1v) is 18.4. The topological polar surface area (TPSA) is 23.5 Å². The highest BCUT2D eigenvalue weighted by molar-refractivity contribution is 5.17. The molecule has 0 saturated heterocycles. The molecule has 0 heterocycles. The fraction of sp³-hybridized carbons (Fsp3) is 0.721. The predicted molar refractivity (Wildman–Crippen MR) is 217 cm³/mol. The number of hydrogen-bond donors (Lipinski definition) is 1. The Kier molecular flexibility index (Phi) is 71.3. The lowest BCUT2D eigenvalue weighted by Gasteiger charge is -2.31. The van der Waals surface area contributed by atoms with Crippen LogP contribution in [0.4, 0.5) is 0 Å². The van der Waals surface area contributed by atoms with Crippen LogP contribution in [-0.2, 0) is 0 Å². The average molecular weight is 636 g/mol. The van der Waals surface area contributed by atoms with E-state index < -0.39 is 0 Å². The van der Waals surface area contributed by atoms with Gasteiger partial charge in [0.25, 0.3) is 0 Å². The van der Waals surface area contributed by atoms with Crippen LogP contribution in [0.5, 0.6) is 0 Å². The van der Waals surface area contributed by atoms with Gasteiger partial charge in [0.05, 0.1) is 0 Å².